The minimum atomic E-state index is -0.224. The van der Waals surface area contributed by atoms with Crippen molar-refractivity contribution in [1.82, 2.24) is 15.1 Å². The lowest BCUT2D eigenvalue weighted by Gasteiger charge is -2.44. The molecule has 0 aromatic heterocycles. The van der Waals surface area contributed by atoms with Gasteiger partial charge in [0, 0.05) is 45.8 Å². The Hall–Kier alpha value is -3.57. The summed E-state index contributed by atoms with van der Waals surface area (Å²) in [6.45, 7) is 3.14. The number of para-hydroxylation sites is 1. The van der Waals surface area contributed by atoms with Gasteiger partial charge < -0.3 is 24.6 Å². The van der Waals surface area contributed by atoms with E-state index >= 15 is 0 Å². The highest BCUT2D eigenvalue weighted by Gasteiger charge is 2.38. The van der Waals surface area contributed by atoms with Crippen LogP contribution >= 0.6 is 0 Å². The third kappa shape index (κ3) is 5.86. The predicted molar refractivity (Wildman–Crippen MR) is 132 cm³/mol. The number of nitrogens with zero attached hydrogens (tertiary/aromatic N) is 4. The monoisotopic (exact) mass is 463 g/mol. The number of rotatable bonds is 8. The van der Waals surface area contributed by atoms with Crippen LogP contribution in [-0.4, -0.2) is 75.7 Å². The van der Waals surface area contributed by atoms with Crippen molar-refractivity contribution in [3.8, 4) is 11.9 Å². The first-order chi connectivity index (χ1) is 16.5. The van der Waals surface area contributed by atoms with Crippen molar-refractivity contribution in [2.45, 2.75) is 18.3 Å². The molecule has 0 bridgehead atoms. The van der Waals surface area contributed by atoms with Gasteiger partial charge in [-0.25, -0.2) is 0 Å². The second-order valence-corrected chi connectivity index (χ2v) is 8.44. The van der Waals surface area contributed by atoms with Crippen molar-refractivity contribution in [3.63, 3.8) is 0 Å². The second-order valence-electron chi connectivity index (χ2n) is 8.44. The summed E-state index contributed by atoms with van der Waals surface area (Å²) in [7, 11) is 5.14. The summed E-state index contributed by atoms with van der Waals surface area (Å²) in [6, 6.07) is 17.6. The van der Waals surface area contributed by atoms with Crippen molar-refractivity contribution in [2.24, 2.45) is 4.99 Å². The molecule has 1 heterocycles. The zero-order chi connectivity index (χ0) is 24.4. The number of benzene rings is 2. The molecule has 180 valence electrons. The number of hydrogen-bond acceptors (Lipinski definition) is 5. The minimum Gasteiger partial charge on any atom is -0.496 e. The normalized spacial score (nSPS) is 15.4. The second kappa shape index (κ2) is 12.1. The molecule has 0 atom stereocenters. The summed E-state index contributed by atoms with van der Waals surface area (Å²) in [5.41, 5.74) is 1.49. The van der Waals surface area contributed by atoms with Crippen LogP contribution in [0.5, 0.6) is 5.75 Å². The Morgan fingerprint density at radius 1 is 1.15 bits per heavy atom. The minimum absolute atomic E-state index is 0.152. The topological polar surface area (TPSA) is 90.2 Å². The maximum atomic E-state index is 13.0. The van der Waals surface area contributed by atoms with E-state index in [1.54, 1.807) is 26.4 Å². The number of hydrogen-bond donors (Lipinski definition) is 1. The number of carbonyl (C=O) groups is 1. The van der Waals surface area contributed by atoms with Crippen molar-refractivity contribution >= 4 is 11.9 Å². The number of nitriles is 1. The van der Waals surface area contributed by atoms with Crippen molar-refractivity contribution in [1.29, 1.82) is 5.26 Å². The molecule has 0 saturated carbocycles. The molecule has 1 aliphatic heterocycles. The first-order valence-electron chi connectivity index (χ1n) is 11.4. The Balaban J connectivity index is 1.77. The van der Waals surface area contributed by atoms with Gasteiger partial charge in [-0.05, 0) is 30.5 Å². The van der Waals surface area contributed by atoms with E-state index in [-0.39, 0.29) is 11.3 Å². The number of carbonyl (C=O) groups excluding carboxylic acids is 1. The van der Waals surface area contributed by atoms with Crippen molar-refractivity contribution < 1.29 is 14.3 Å². The zero-order valence-corrected chi connectivity index (χ0v) is 20.2. The molecule has 1 saturated heterocycles. The highest BCUT2D eigenvalue weighted by molar-refractivity contribution is 5.97. The van der Waals surface area contributed by atoms with Crippen LogP contribution in [0.25, 0.3) is 0 Å². The molecule has 1 fully saturated rings. The van der Waals surface area contributed by atoms with Gasteiger partial charge >= 0.3 is 0 Å². The SMILES string of the molecule is COCCN(C)C(=NC#N)N1CCC(CNC(=O)c2ccccc2OC)(c2ccccc2)CC1. The predicted octanol–water partition coefficient (Wildman–Crippen LogP) is 2.87. The van der Waals surface area contributed by atoms with E-state index in [9.17, 15) is 10.1 Å². The number of likely N-dealkylation sites (tertiary alicyclic amines) is 1. The quantitative estimate of drug-likeness (QED) is 0.368. The fourth-order valence-corrected chi connectivity index (χ4v) is 4.44. The smallest absolute Gasteiger partial charge is 0.255 e. The Kier molecular flexibility index (Phi) is 8.88. The van der Waals surface area contributed by atoms with E-state index in [0.717, 1.165) is 25.9 Å². The molecule has 1 N–H and O–H groups in total. The fraction of sp³-hybridized carbons (Fsp3) is 0.423. The van der Waals surface area contributed by atoms with Gasteiger partial charge in [-0.3, -0.25) is 4.79 Å². The maximum Gasteiger partial charge on any atom is 0.255 e. The van der Waals surface area contributed by atoms with Gasteiger partial charge in [0.2, 0.25) is 12.2 Å². The number of amides is 1. The van der Waals surface area contributed by atoms with E-state index in [2.05, 4.69) is 27.3 Å². The summed E-state index contributed by atoms with van der Waals surface area (Å²) >= 11 is 0. The van der Waals surface area contributed by atoms with Crippen LogP contribution in [0.3, 0.4) is 0 Å². The Labute approximate surface area is 201 Å². The third-order valence-corrected chi connectivity index (χ3v) is 6.45. The summed E-state index contributed by atoms with van der Waals surface area (Å²) in [5, 5.41) is 12.4. The number of ether oxygens (including phenoxy) is 2. The van der Waals surface area contributed by atoms with Gasteiger partial charge in [-0.1, -0.05) is 42.5 Å². The van der Waals surface area contributed by atoms with Crippen LogP contribution in [0.15, 0.2) is 59.6 Å². The summed E-state index contributed by atoms with van der Waals surface area (Å²) in [4.78, 5) is 21.2. The summed E-state index contributed by atoms with van der Waals surface area (Å²) < 4.78 is 10.5. The molecule has 0 radical (unpaired) electrons. The number of guanidine groups is 1. The molecule has 2 aromatic carbocycles. The lowest BCUT2D eigenvalue weighted by atomic mass is 9.72. The average Bonchev–Trinajstić information content (AvgIpc) is 2.90. The molecule has 8 heteroatoms. The van der Waals surface area contributed by atoms with Crippen LogP contribution in [0.1, 0.15) is 28.8 Å². The largest absolute Gasteiger partial charge is 0.496 e. The van der Waals surface area contributed by atoms with Gasteiger partial charge in [-0.15, -0.1) is 4.99 Å². The highest BCUT2D eigenvalue weighted by Crippen LogP contribution is 2.35. The lowest BCUT2D eigenvalue weighted by Crippen LogP contribution is -2.53. The van der Waals surface area contributed by atoms with Crippen molar-refractivity contribution in [3.05, 3.63) is 65.7 Å². The summed E-state index contributed by atoms with van der Waals surface area (Å²) in [5.74, 6) is 1.06. The number of likely N-dealkylation sites (N-methyl/N-ethyl adjacent to an activating group) is 1. The van der Waals surface area contributed by atoms with Crippen LogP contribution in [-0.2, 0) is 10.2 Å². The Morgan fingerprint density at radius 2 is 1.82 bits per heavy atom. The van der Waals surface area contributed by atoms with Gasteiger partial charge in [-0.2, -0.15) is 5.26 Å². The average molecular weight is 464 g/mol. The van der Waals surface area contributed by atoms with Crippen LogP contribution < -0.4 is 10.1 Å². The number of methoxy groups -OCH3 is 2. The van der Waals surface area contributed by atoms with Gasteiger partial charge in [0.05, 0.1) is 19.3 Å². The molecule has 3 rings (SSSR count). The van der Waals surface area contributed by atoms with E-state index < -0.39 is 0 Å². The van der Waals surface area contributed by atoms with Gasteiger partial charge in [0.15, 0.2) is 0 Å². The van der Waals surface area contributed by atoms with E-state index in [0.29, 0.717) is 37.0 Å². The maximum absolute atomic E-state index is 13.0. The molecule has 0 unspecified atom stereocenters. The lowest BCUT2D eigenvalue weighted by molar-refractivity contribution is 0.0927. The molecule has 1 aliphatic rings. The molecule has 8 nitrogen and oxygen atoms in total. The Morgan fingerprint density at radius 3 is 2.47 bits per heavy atom. The van der Waals surface area contributed by atoms with E-state index in [1.165, 1.54) is 5.56 Å². The third-order valence-electron chi connectivity index (χ3n) is 6.45. The standard InChI is InChI=1S/C26H33N5O3/c1-30(17-18-33-2)25(29-20-27)31-15-13-26(14-16-31,21-9-5-4-6-10-21)19-28-24(32)22-11-7-8-12-23(22)34-3/h4-12H,13-19H2,1-3H3,(H,28,32). The molecular weight excluding hydrogens is 430 g/mol. The summed E-state index contributed by atoms with van der Waals surface area (Å²) in [6.07, 6.45) is 3.56. The zero-order valence-electron chi connectivity index (χ0n) is 20.2. The van der Waals surface area contributed by atoms with Crippen LogP contribution in [0.4, 0.5) is 0 Å². The van der Waals surface area contributed by atoms with E-state index in [1.807, 2.05) is 48.5 Å². The van der Waals surface area contributed by atoms with Gasteiger partial charge in [0.1, 0.15) is 5.75 Å². The molecule has 2 aromatic rings. The van der Waals surface area contributed by atoms with Crippen LogP contribution in [0.2, 0.25) is 0 Å². The first kappa shape index (κ1) is 25.1. The number of piperidine rings is 1. The van der Waals surface area contributed by atoms with Gasteiger partial charge in [0.25, 0.3) is 5.91 Å². The number of nitrogens with one attached hydrogen (secondary N) is 1. The van der Waals surface area contributed by atoms with Crippen molar-refractivity contribution in [2.75, 3.05) is 54.1 Å². The first-order valence-corrected chi connectivity index (χ1v) is 11.4. The molecular formula is C26H33N5O3. The highest BCUT2D eigenvalue weighted by atomic mass is 16.5. The molecule has 34 heavy (non-hydrogen) atoms. The molecule has 1 amide bonds. The number of aliphatic imine (C=N–C) groups is 1. The van der Waals surface area contributed by atoms with E-state index in [4.69, 9.17) is 9.47 Å². The molecule has 0 aliphatic carbocycles. The fourth-order valence-electron chi connectivity index (χ4n) is 4.44. The Bertz CT molecular complexity index is 1010. The van der Waals surface area contributed by atoms with Crippen LogP contribution in [0, 0.1) is 11.5 Å². The molecule has 0 spiro atoms.